The average molecular weight is 236 g/mol. The lowest BCUT2D eigenvalue weighted by molar-refractivity contribution is -0.0121. The molecule has 4 aliphatic rings. The van der Waals surface area contributed by atoms with Crippen LogP contribution in [0.15, 0.2) is 0 Å². The summed E-state index contributed by atoms with van der Waals surface area (Å²) in [5.41, 5.74) is 0. The second kappa shape index (κ2) is 4.89. The number of fused-ring (bicyclic) bond motifs is 2. The lowest BCUT2D eigenvalue weighted by Gasteiger charge is -2.50. The predicted molar refractivity (Wildman–Crippen MR) is 72.1 cm³/mol. The van der Waals surface area contributed by atoms with Crippen LogP contribution in [0.25, 0.3) is 0 Å². The minimum Gasteiger partial charge on any atom is -0.315 e. The van der Waals surface area contributed by atoms with E-state index in [0.29, 0.717) is 6.04 Å². The van der Waals surface area contributed by atoms with Crippen molar-refractivity contribution in [3.63, 3.8) is 0 Å². The SMILES string of the molecule is CCNC(C)CC1CCC2C3CCN(CC3)C12. The Morgan fingerprint density at radius 1 is 1.18 bits per heavy atom. The van der Waals surface area contributed by atoms with Crippen molar-refractivity contribution >= 4 is 0 Å². The maximum absolute atomic E-state index is 3.59. The molecule has 0 aromatic rings. The number of nitrogens with zero attached hydrogens (tertiary/aromatic N) is 1. The fraction of sp³-hybridized carbons (Fsp3) is 1.00. The first-order valence-electron chi connectivity index (χ1n) is 7.77. The highest BCUT2D eigenvalue weighted by Gasteiger charge is 2.48. The van der Waals surface area contributed by atoms with Crippen LogP contribution in [-0.2, 0) is 0 Å². The summed E-state index contributed by atoms with van der Waals surface area (Å²) in [4.78, 5) is 2.83. The van der Waals surface area contributed by atoms with Crippen LogP contribution in [0.4, 0.5) is 0 Å². The Bertz CT molecular complexity index is 258. The largest absolute Gasteiger partial charge is 0.315 e. The smallest absolute Gasteiger partial charge is 0.0155 e. The monoisotopic (exact) mass is 236 g/mol. The molecule has 0 aromatic carbocycles. The quantitative estimate of drug-likeness (QED) is 0.807. The molecular formula is C15H28N2. The van der Waals surface area contributed by atoms with Crippen LogP contribution >= 0.6 is 0 Å². The molecule has 1 saturated carbocycles. The first-order valence-corrected chi connectivity index (χ1v) is 7.77. The summed E-state index contributed by atoms with van der Waals surface area (Å²) in [6.07, 6.45) is 7.42. The summed E-state index contributed by atoms with van der Waals surface area (Å²) in [6, 6.07) is 1.68. The minimum absolute atomic E-state index is 0.713. The predicted octanol–water partition coefficient (Wildman–Crippen LogP) is 2.49. The number of piperidine rings is 3. The Morgan fingerprint density at radius 3 is 2.65 bits per heavy atom. The van der Waals surface area contributed by atoms with E-state index in [1.54, 1.807) is 0 Å². The fourth-order valence-corrected chi connectivity index (χ4v) is 4.97. The Morgan fingerprint density at radius 2 is 1.94 bits per heavy atom. The Kier molecular flexibility index (Phi) is 3.45. The Balaban J connectivity index is 1.64. The first kappa shape index (κ1) is 12.0. The number of hydrogen-bond donors (Lipinski definition) is 1. The van der Waals surface area contributed by atoms with Gasteiger partial charge in [0.1, 0.15) is 0 Å². The van der Waals surface area contributed by atoms with Gasteiger partial charge in [-0.1, -0.05) is 6.92 Å². The van der Waals surface area contributed by atoms with Crippen LogP contribution in [0.5, 0.6) is 0 Å². The number of nitrogens with one attached hydrogen (secondary N) is 1. The van der Waals surface area contributed by atoms with Gasteiger partial charge in [0.05, 0.1) is 0 Å². The second-order valence-corrected chi connectivity index (χ2v) is 6.56. The van der Waals surface area contributed by atoms with Crippen LogP contribution in [0, 0.1) is 17.8 Å². The van der Waals surface area contributed by atoms with E-state index < -0.39 is 0 Å². The van der Waals surface area contributed by atoms with E-state index in [-0.39, 0.29) is 0 Å². The number of hydrogen-bond acceptors (Lipinski definition) is 2. The van der Waals surface area contributed by atoms with E-state index in [1.807, 2.05) is 0 Å². The van der Waals surface area contributed by atoms with Crippen molar-refractivity contribution in [1.82, 2.24) is 10.2 Å². The summed E-state index contributed by atoms with van der Waals surface area (Å²) < 4.78 is 0. The molecule has 0 radical (unpaired) electrons. The van der Waals surface area contributed by atoms with E-state index in [0.717, 1.165) is 30.3 Å². The highest BCUT2D eigenvalue weighted by atomic mass is 15.2. The molecule has 2 nitrogen and oxygen atoms in total. The Hall–Kier alpha value is -0.0800. The highest BCUT2D eigenvalue weighted by Crippen LogP contribution is 2.49. The van der Waals surface area contributed by atoms with Gasteiger partial charge in [0.2, 0.25) is 0 Å². The third-order valence-corrected chi connectivity index (χ3v) is 5.60. The molecule has 4 fully saturated rings. The van der Waals surface area contributed by atoms with E-state index in [9.17, 15) is 0 Å². The summed E-state index contributed by atoms with van der Waals surface area (Å²) in [5.74, 6) is 3.14. The summed E-state index contributed by atoms with van der Waals surface area (Å²) in [6.45, 7) is 8.51. The maximum atomic E-state index is 3.59. The zero-order chi connectivity index (χ0) is 11.8. The molecule has 1 aliphatic carbocycles. The van der Waals surface area contributed by atoms with Gasteiger partial charge in [-0.2, -0.15) is 0 Å². The van der Waals surface area contributed by atoms with Crippen molar-refractivity contribution in [2.24, 2.45) is 17.8 Å². The summed E-state index contributed by atoms with van der Waals surface area (Å²) >= 11 is 0. The van der Waals surface area contributed by atoms with Gasteiger partial charge in [-0.05, 0) is 76.4 Å². The average Bonchev–Trinajstić information content (AvgIpc) is 2.77. The zero-order valence-corrected chi connectivity index (χ0v) is 11.5. The molecular weight excluding hydrogens is 208 g/mol. The van der Waals surface area contributed by atoms with Gasteiger partial charge >= 0.3 is 0 Å². The zero-order valence-electron chi connectivity index (χ0n) is 11.5. The van der Waals surface area contributed by atoms with Crippen molar-refractivity contribution in [3.8, 4) is 0 Å². The molecule has 0 aromatic heterocycles. The van der Waals surface area contributed by atoms with Crippen LogP contribution < -0.4 is 5.32 Å². The van der Waals surface area contributed by atoms with E-state index >= 15 is 0 Å². The number of rotatable bonds is 4. The van der Waals surface area contributed by atoms with Gasteiger partial charge in [0.15, 0.2) is 0 Å². The topological polar surface area (TPSA) is 15.3 Å². The molecule has 4 rings (SSSR count). The second-order valence-electron chi connectivity index (χ2n) is 6.56. The maximum Gasteiger partial charge on any atom is 0.0155 e. The molecule has 4 unspecified atom stereocenters. The molecule has 98 valence electrons. The molecule has 3 saturated heterocycles. The summed E-state index contributed by atoms with van der Waals surface area (Å²) in [5, 5.41) is 3.59. The van der Waals surface area contributed by atoms with Crippen LogP contribution in [0.3, 0.4) is 0 Å². The van der Waals surface area contributed by atoms with Crippen LogP contribution in [0.2, 0.25) is 0 Å². The standard InChI is InChI=1S/C15H28N2/c1-3-16-11(2)10-13-4-5-14-12-6-8-17(9-7-12)15(13)14/h11-16H,3-10H2,1-2H3. The van der Waals surface area contributed by atoms with Crippen molar-refractivity contribution < 1.29 is 0 Å². The molecule has 2 heteroatoms. The van der Waals surface area contributed by atoms with E-state index in [1.165, 1.54) is 45.2 Å². The Labute approximate surface area is 106 Å². The molecule has 4 atom stereocenters. The van der Waals surface area contributed by atoms with Crippen molar-refractivity contribution in [1.29, 1.82) is 0 Å². The first-order chi connectivity index (χ1) is 8.29. The normalized spacial score (nSPS) is 45.9. The third kappa shape index (κ3) is 2.15. The molecule has 3 heterocycles. The van der Waals surface area contributed by atoms with Gasteiger partial charge in [0.25, 0.3) is 0 Å². The lowest BCUT2D eigenvalue weighted by Crippen LogP contribution is -2.55. The highest BCUT2D eigenvalue weighted by molar-refractivity contribution is 5.02. The van der Waals surface area contributed by atoms with Crippen molar-refractivity contribution in [3.05, 3.63) is 0 Å². The molecule has 2 bridgehead atoms. The van der Waals surface area contributed by atoms with Gasteiger partial charge in [-0.25, -0.2) is 0 Å². The molecule has 0 amide bonds. The molecule has 3 aliphatic heterocycles. The lowest BCUT2D eigenvalue weighted by atomic mass is 9.73. The van der Waals surface area contributed by atoms with Crippen molar-refractivity contribution in [2.75, 3.05) is 19.6 Å². The minimum atomic E-state index is 0.713. The van der Waals surface area contributed by atoms with Gasteiger partial charge < -0.3 is 5.32 Å². The van der Waals surface area contributed by atoms with Gasteiger partial charge in [-0.3, -0.25) is 4.90 Å². The van der Waals surface area contributed by atoms with Gasteiger partial charge in [0, 0.05) is 12.1 Å². The van der Waals surface area contributed by atoms with Crippen LogP contribution in [0.1, 0.15) is 46.0 Å². The third-order valence-electron chi connectivity index (χ3n) is 5.60. The van der Waals surface area contributed by atoms with E-state index in [2.05, 4.69) is 24.1 Å². The van der Waals surface area contributed by atoms with E-state index in [4.69, 9.17) is 0 Å². The van der Waals surface area contributed by atoms with Crippen molar-refractivity contribution in [2.45, 2.75) is 58.0 Å². The molecule has 1 N–H and O–H groups in total. The fourth-order valence-electron chi connectivity index (χ4n) is 4.97. The molecule has 17 heavy (non-hydrogen) atoms. The van der Waals surface area contributed by atoms with Crippen LogP contribution in [-0.4, -0.2) is 36.6 Å². The molecule has 0 spiro atoms. The summed E-state index contributed by atoms with van der Waals surface area (Å²) in [7, 11) is 0. The van der Waals surface area contributed by atoms with Gasteiger partial charge in [-0.15, -0.1) is 0 Å².